The molecule has 1 saturated carbocycles. The molecule has 0 atom stereocenters. The molecule has 100 valence electrons. The number of nitrogens with one attached hydrogen (secondary N) is 2. The summed E-state index contributed by atoms with van der Waals surface area (Å²) in [6, 6.07) is 1.82. The number of nitrogens with two attached hydrogens (primary N) is 1. The fraction of sp³-hybridized carbons (Fsp3) is 0.417. The molecule has 0 bridgehead atoms. The maximum Gasteiger partial charge on any atom is 0.145 e. The molecule has 7 heteroatoms. The van der Waals surface area contributed by atoms with Gasteiger partial charge in [-0.15, -0.1) is 11.3 Å². The number of nitrogen functional groups attached to an aromatic ring is 1. The predicted octanol–water partition coefficient (Wildman–Crippen LogP) is 2.02. The van der Waals surface area contributed by atoms with Crippen LogP contribution in [0.2, 0.25) is 0 Å². The quantitative estimate of drug-likeness (QED) is 0.572. The van der Waals surface area contributed by atoms with E-state index in [0.717, 1.165) is 23.9 Å². The molecule has 0 unspecified atom stereocenters. The number of aromatic nitrogens is 3. The third-order valence-electron chi connectivity index (χ3n) is 3.11. The van der Waals surface area contributed by atoms with Crippen LogP contribution in [-0.2, 0) is 6.54 Å². The highest BCUT2D eigenvalue weighted by atomic mass is 32.1. The van der Waals surface area contributed by atoms with Crippen molar-refractivity contribution in [2.75, 3.05) is 10.7 Å². The van der Waals surface area contributed by atoms with Crippen molar-refractivity contribution in [3.8, 4) is 0 Å². The third kappa shape index (κ3) is 2.82. The van der Waals surface area contributed by atoms with E-state index in [1.165, 1.54) is 17.7 Å². The van der Waals surface area contributed by atoms with Crippen LogP contribution < -0.4 is 16.6 Å². The fourth-order valence-electron chi connectivity index (χ4n) is 1.82. The first kappa shape index (κ1) is 12.3. The molecule has 0 spiro atoms. The summed E-state index contributed by atoms with van der Waals surface area (Å²) in [6.45, 7) is 2.73. The largest absolute Gasteiger partial charge is 0.365 e. The van der Waals surface area contributed by atoms with Crippen LogP contribution in [0.5, 0.6) is 0 Å². The summed E-state index contributed by atoms with van der Waals surface area (Å²) in [5.41, 5.74) is 5.51. The zero-order valence-corrected chi connectivity index (χ0v) is 11.5. The Labute approximate surface area is 115 Å². The molecule has 3 rings (SSSR count). The minimum absolute atomic E-state index is 0.499. The molecule has 0 saturated heterocycles. The van der Waals surface area contributed by atoms with Crippen LogP contribution in [0.25, 0.3) is 0 Å². The first-order valence-electron chi connectivity index (χ1n) is 6.24. The van der Waals surface area contributed by atoms with E-state index in [4.69, 9.17) is 5.84 Å². The first-order chi connectivity index (χ1) is 9.26. The van der Waals surface area contributed by atoms with Crippen molar-refractivity contribution < 1.29 is 0 Å². The Morgan fingerprint density at radius 3 is 2.79 bits per heavy atom. The number of hydrogen-bond donors (Lipinski definition) is 3. The number of rotatable bonds is 5. The Balaban J connectivity index is 1.76. The van der Waals surface area contributed by atoms with E-state index in [1.54, 1.807) is 11.3 Å². The summed E-state index contributed by atoms with van der Waals surface area (Å²) in [5.74, 6) is 8.28. The molecule has 0 aliphatic heterocycles. The molecular formula is C12H16N6S. The molecule has 0 aromatic carbocycles. The molecule has 0 amide bonds. The SMILES string of the molecule is Cc1ncsc1CNc1cc(NN)nc(C2CC2)n1. The monoisotopic (exact) mass is 276 g/mol. The Kier molecular flexibility index (Phi) is 3.31. The van der Waals surface area contributed by atoms with Gasteiger partial charge in [0.2, 0.25) is 0 Å². The van der Waals surface area contributed by atoms with Crippen LogP contribution in [0.3, 0.4) is 0 Å². The van der Waals surface area contributed by atoms with Crippen LogP contribution in [0, 0.1) is 6.92 Å². The maximum absolute atomic E-state index is 5.45. The summed E-state index contributed by atoms with van der Waals surface area (Å²) < 4.78 is 0. The molecule has 6 nitrogen and oxygen atoms in total. The lowest BCUT2D eigenvalue weighted by atomic mass is 10.3. The molecule has 1 aliphatic rings. The van der Waals surface area contributed by atoms with Gasteiger partial charge in [-0.3, -0.25) is 0 Å². The van der Waals surface area contributed by atoms with Gasteiger partial charge in [0.1, 0.15) is 17.5 Å². The molecule has 4 N–H and O–H groups in total. The Morgan fingerprint density at radius 1 is 1.37 bits per heavy atom. The molecule has 1 aliphatic carbocycles. The van der Waals surface area contributed by atoms with E-state index in [-0.39, 0.29) is 0 Å². The minimum atomic E-state index is 0.499. The van der Waals surface area contributed by atoms with Gasteiger partial charge in [0.05, 0.1) is 17.7 Å². The molecule has 19 heavy (non-hydrogen) atoms. The predicted molar refractivity (Wildman–Crippen MR) is 76.0 cm³/mol. The average Bonchev–Trinajstić information content (AvgIpc) is 3.20. The van der Waals surface area contributed by atoms with Crippen LogP contribution in [0.4, 0.5) is 11.6 Å². The second-order valence-electron chi connectivity index (χ2n) is 4.63. The van der Waals surface area contributed by atoms with Gasteiger partial charge in [0, 0.05) is 16.9 Å². The van der Waals surface area contributed by atoms with Gasteiger partial charge in [-0.05, 0) is 19.8 Å². The highest BCUT2D eigenvalue weighted by Gasteiger charge is 2.27. The summed E-state index contributed by atoms with van der Waals surface area (Å²) in [4.78, 5) is 14.4. The Bertz CT molecular complexity index is 577. The molecule has 2 aromatic rings. The molecule has 1 fully saturated rings. The van der Waals surface area contributed by atoms with Crippen molar-refractivity contribution in [3.05, 3.63) is 28.0 Å². The van der Waals surface area contributed by atoms with Crippen LogP contribution in [-0.4, -0.2) is 15.0 Å². The Morgan fingerprint density at radius 2 is 2.16 bits per heavy atom. The van der Waals surface area contributed by atoms with Crippen molar-refractivity contribution in [1.82, 2.24) is 15.0 Å². The summed E-state index contributed by atoms with van der Waals surface area (Å²) in [5, 5.41) is 3.31. The summed E-state index contributed by atoms with van der Waals surface area (Å²) in [7, 11) is 0. The van der Waals surface area contributed by atoms with E-state index in [1.807, 2.05) is 18.5 Å². The topological polar surface area (TPSA) is 88.8 Å². The van der Waals surface area contributed by atoms with Gasteiger partial charge in [-0.1, -0.05) is 0 Å². The van der Waals surface area contributed by atoms with E-state index < -0.39 is 0 Å². The van der Waals surface area contributed by atoms with E-state index in [0.29, 0.717) is 11.7 Å². The van der Waals surface area contributed by atoms with E-state index in [2.05, 4.69) is 25.7 Å². The van der Waals surface area contributed by atoms with Crippen molar-refractivity contribution in [1.29, 1.82) is 0 Å². The van der Waals surface area contributed by atoms with E-state index in [9.17, 15) is 0 Å². The number of aryl methyl sites for hydroxylation is 1. The lowest BCUT2D eigenvalue weighted by molar-refractivity contribution is 0.920. The zero-order chi connectivity index (χ0) is 13.2. The second-order valence-corrected chi connectivity index (χ2v) is 5.57. The smallest absolute Gasteiger partial charge is 0.145 e. The van der Waals surface area contributed by atoms with Crippen molar-refractivity contribution in [2.45, 2.75) is 32.2 Å². The normalized spacial score (nSPS) is 14.4. The standard InChI is InChI=1S/C12H16N6S/c1-7-9(19-6-15-7)5-14-10-4-11(18-13)17-12(16-10)8-2-3-8/h4,6,8H,2-3,5,13H2,1H3,(H2,14,16,17,18). The van der Waals surface area contributed by atoms with Gasteiger partial charge in [0.25, 0.3) is 0 Å². The summed E-state index contributed by atoms with van der Waals surface area (Å²) >= 11 is 1.64. The lowest BCUT2D eigenvalue weighted by Crippen LogP contribution is -2.12. The highest BCUT2D eigenvalue weighted by Crippen LogP contribution is 2.38. The van der Waals surface area contributed by atoms with Gasteiger partial charge in [-0.2, -0.15) is 0 Å². The number of anilines is 2. The second kappa shape index (κ2) is 5.10. The van der Waals surface area contributed by atoms with Crippen LogP contribution in [0.1, 0.15) is 35.2 Å². The number of thiazole rings is 1. The van der Waals surface area contributed by atoms with E-state index >= 15 is 0 Å². The molecule has 2 aromatic heterocycles. The number of hydrazine groups is 1. The number of nitrogens with zero attached hydrogens (tertiary/aromatic N) is 3. The molecule has 0 radical (unpaired) electrons. The van der Waals surface area contributed by atoms with Gasteiger partial charge < -0.3 is 10.7 Å². The molecular weight excluding hydrogens is 260 g/mol. The van der Waals surface area contributed by atoms with Gasteiger partial charge >= 0.3 is 0 Å². The van der Waals surface area contributed by atoms with Gasteiger partial charge in [0.15, 0.2) is 0 Å². The van der Waals surface area contributed by atoms with Crippen molar-refractivity contribution >= 4 is 23.0 Å². The van der Waals surface area contributed by atoms with Crippen LogP contribution >= 0.6 is 11.3 Å². The molecule has 2 heterocycles. The number of hydrogen-bond acceptors (Lipinski definition) is 7. The lowest BCUT2D eigenvalue weighted by Gasteiger charge is -2.09. The summed E-state index contributed by atoms with van der Waals surface area (Å²) in [6.07, 6.45) is 2.34. The third-order valence-corrected chi connectivity index (χ3v) is 4.04. The minimum Gasteiger partial charge on any atom is -0.365 e. The first-order valence-corrected chi connectivity index (χ1v) is 7.12. The van der Waals surface area contributed by atoms with Crippen molar-refractivity contribution in [3.63, 3.8) is 0 Å². The van der Waals surface area contributed by atoms with Crippen LogP contribution in [0.15, 0.2) is 11.6 Å². The van der Waals surface area contributed by atoms with Crippen molar-refractivity contribution in [2.24, 2.45) is 5.84 Å². The Hall–Kier alpha value is -1.73. The zero-order valence-electron chi connectivity index (χ0n) is 10.7. The fourth-order valence-corrected chi connectivity index (χ4v) is 2.54. The highest BCUT2D eigenvalue weighted by molar-refractivity contribution is 7.09. The average molecular weight is 276 g/mol. The maximum atomic E-state index is 5.45. The van der Waals surface area contributed by atoms with Gasteiger partial charge in [-0.25, -0.2) is 20.8 Å².